The van der Waals surface area contributed by atoms with Crippen molar-refractivity contribution >= 4 is 35.6 Å². The van der Waals surface area contributed by atoms with Crippen LogP contribution in [-0.2, 0) is 30.4 Å². The second-order valence-electron chi connectivity index (χ2n) is 9.51. The highest BCUT2D eigenvalue weighted by molar-refractivity contribution is 5.94. The van der Waals surface area contributed by atoms with Crippen molar-refractivity contribution in [3.63, 3.8) is 0 Å². The fourth-order valence-electron chi connectivity index (χ4n) is 4.29. The third-order valence-electron chi connectivity index (χ3n) is 6.40. The molecule has 1 fully saturated rings. The van der Waals surface area contributed by atoms with E-state index in [2.05, 4.69) is 15.6 Å². The Morgan fingerprint density at radius 1 is 1.00 bits per heavy atom. The van der Waals surface area contributed by atoms with Crippen LogP contribution < -0.4 is 27.8 Å². The number of hydrogen-bond donors (Lipinski definition) is 8. The van der Waals surface area contributed by atoms with Crippen LogP contribution in [0.25, 0.3) is 0 Å². The standard InChI is InChI=1S/C25H37N7O8/c26-16(3-1-11-29-25(27)28)21(36)31-18(13-14-5-7-15(33)8-6-14)22(37)30-17(9-10-20(34)35)23(38)32-12-2-4-19(32)24(39)40/h5-8,16-19,33H,1-4,9-13,26H2,(H,30,37)(H,31,36)(H,34,35)(H,39,40)(H4,27,28,29). The summed E-state index contributed by atoms with van der Waals surface area (Å²) in [5.41, 5.74) is 17.1. The molecule has 0 aliphatic carbocycles. The molecule has 11 N–H and O–H groups in total. The molecule has 2 rings (SSSR count). The number of phenols is 1. The summed E-state index contributed by atoms with van der Waals surface area (Å²) in [6, 6.07) is 1.25. The molecule has 1 saturated heterocycles. The van der Waals surface area contributed by atoms with E-state index in [1.54, 1.807) is 12.1 Å². The maximum Gasteiger partial charge on any atom is 0.326 e. The lowest BCUT2D eigenvalue weighted by atomic mass is 10.0. The quantitative estimate of drug-likeness (QED) is 0.0672. The number of likely N-dealkylation sites (tertiary alicyclic amines) is 1. The molecule has 1 aromatic rings. The van der Waals surface area contributed by atoms with E-state index in [-0.39, 0.29) is 50.5 Å². The number of carbonyl (C=O) groups is 5. The van der Waals surface area contributed by atoms with Crippen LogP contribution in [0.2, 0.25) is 0 Å². The van der Waals surface area contributed by atoms with Crippen molar-refractivity contribution in [2.24, 2.45) is 22.2 Å². The largest absolute Gasteiger partial charge is 0.508 e. The van der Waals surface area contributed by atoms with Crippen LogP contribution in [0.1, 0.15) is 44.1 Å². The number of rotatable bonds is 15. The highest BCUT2D eigenvalue weighted by Gasteiger charge is 2.38. The number of aliphatic imine (C=N–C) groups is 1. The Labute approximate surface area is 230 Å². The maximum atomic E-state index is 13.4. The van der Waals surface area contributed by atoms with Crippen molar-refractivity contribution in [3.8, 4) is 5.75 Å². The minimum atomic E-state index is -1.34. The molecule has 15 heteroatoms. The van der Waals surface area contributed by atoms with Gasteiger partial charge in [0.05, 0.1) is 6.04 Å². The van der Waals surface area contributed by atoms with Gasteiger partial charge in [0.2, 0.25) is 17.7 Å². The van der Waals surface area contributed by atoms with E-state index in [4.69, 9.17) is 22.3 Å². The van der Waals surface area contributed by atoms with E-state index in [1.807, 2.05) is 0 Å². The number of carboxylic acid groups (broad SMARTS) is 2. The molecule has 0 aromatic heterocycles. The molecule has 0 bridgehead atoms. The molecular formula is C25H37N7O8. The number of carboxylic acids is 2. The highest BCUT2D eigenvalue weighted by Crippen LogP contribution is 2.20. The molecule has 1 aliphatic heterocycles. The van der Waals surface area contributed by atoms with E-state index < -0.39 is 60.2 Å². The SMILES string of the molecule is NC(N)=NCCCC(N)C(=O)NC(Cc1ccc(O)cc1)C(=O)NC(CCC(=O)O)C(=O)N1CCCC1C(=O)O. The summed E-state index contributed by atoms with van der Waals surface area (Å²) in [5, 5.41) is 33.3. The fourth-order valence-corrected chi connectivity index (χ4v) is 4.29. The Morgan fingerprint density at radius 2 is 1.65 bits per heavy atom. The molecule has 1 aromatic carbocycles. The van der Waals surface area contributed by atoms with Crippen molar-refractivity contribution < 1.29 is 39.3 Å². The van der Waals surface area contributed by atoms with E-state index in [9.17, 15) is 34.2 Å². The van der Waals surface area contributed by atoms with Crippen molar-refractivity contribution in [1.82, 2.24) is 15.5 Å². The molecule has 4 unspecified atom stereocenters. The van der Waals surface area contributed by atoms with Crippen molar-refractivity contribution in [2.75, 3.05) is 13.1 Å². The third kappa shape index (κ3) is 10.1. The Bertz CT molecular complexity index is 1090. The van der Waals surface area contributed by atoms with Crippen molar-refractivity contribution in [1.29, 1.82) is 0 Å². The molecule has 220 valence electrons. The number of nitrogens with zero attached hydrogens (tertiary/aromatic N) is 2. The maximum absolute atomic E-state index is 13.4. The van der Waals surface area contributed by atoms with Crippen LogP contribution in [-0.4, -0.2) is 93.1 Å². The molecule has 3 amide bonds. The van der Waals surface area contributed by atoms with Gasteiger partial charge in [-0.25, -0.2) is 4.79 Å². The minimum Gasteiger partial charge on any atom is -0.508 e. The van der Waals surface area contributed by atoms with Gasteiger partial charge in [0, 0.05) is 25.9 Å². The summed E-state index contributed by atoms with van der Waals surface area (Å²) >= 11 is 0. The number of benzene rings is 1. The summed E-state index contributed by atoms with van der Waals surface area (Å²) in [6.07, 6.45) is 0.504. The Balaban J connectivity index is 2.22. The van der Waals surface area contributed by atoms with Crippen molar-refractivity contribution in [2.45, 2.75) is 69.1 Å². The number of aliphatic carboxylic acids is 2. The van der Waals surface area contributed by atoms with Crippen LogP contribution >= 0.6 is 0 Å². The monoisotopic (exact) mass is 563 g/mol. The highest BCUT2D eigenvalue weighted by atomic mass is 16.4. The van der Waals surface area contributed by atoms with Gasteiger partial charge in [-0.1, -0.05) is 12.1 Å². The minimum absolute atomic E-state index is 0.00508. The molecule has 1 aliphatic rings. The molecule has 15 nitrogen and oxygen atoms in total. The van der Waals surface area contributed by atoms with Gasteiger partial charge in [-0.3, -0.25) is 24.2 Å². The van der Waals surface area contributed by atoms with Crippen LogP contribution in [0.3, 0.4) is 0 Å². The first-order valence-corrected chi connectivity index (χ1v) is 12.8. The average molecular weight is 564 g/mol. The second kappa shape index (κ2) is 15.3. The Morgan fingerprint density at radius 3 is 2.25 bits per heavy atom. The lowest BCUT2D eigenvalue weighted by Gasteiger charge is -2.29. The number of guanidine groups is 1. The van der Waals surface area contributed by atoms with Gasteiger partial charge < -0.3 is 48.1 Å². The van der Waals surface area contributed by atoms with E-state index >= 15 is 0 Å². The lowest BCUT2D eigenvalue weighted by molar-refractivity contribution is -0.150. The molecule has 0 radical (unpaired) electrons. The zero-order valence-corrected chi connectivity index (χ0v) is 22.0. The summed E-state index contributed by atoms with van der Waals surface area (Å²) in [7, 11) is 0. The molecule has 0 saturated carbocycles. The first-order valence-electron chi connectivity index (χ1n) is 12.8. The zero-order valence-electron chi connectivity index (χ0n) is 22.0. The van der Waals surface area contributed by atoms with E-state index in [1.165, 1.54) is 12.1 Å². The molecular weight excluding hydrogens is 526 g/mol. The molecule has 1 heterocycles. The normalized spacial score (nSPS) is 16.8. The van der Waals surface area contributed by atoms with Gasteiger partial charge in [-0.2, -0.15) is 0 Å². The topological polar surface area (TPSA) is 264 Å². The van der Waals surface area contributed by atoms with Crippen LogP contribution in [0.4, 0.5) is 0 Å². The summed E-state index contributed by atoms with van der Waals surface area (Å²) in [6.45, 7) is 0.402. The smallest absolute Gasteiger partial charge is 0.326 e. The molecule has 40 heavy (non-hydrogen) atoms. The van der Waals surface area contributed by atoms with Gasteiger partial charge in [0.15, 0.2) is 5.96 Å². The van der Waals surface area contributed by atoms with E-state index in [0.717, 1.165) is 4.90 Å². The van der Waals surface area contributed by atoms with Gasteiger partial charge in [0.1, 0.15) is 23.9 Å². The molecule has 4 atom stereocenters. The Kier molecular flexibility index (Phi) is 12.1. The predicted molar refractivity (Wildman–Crippen MR) is 143 cm³/mol. The molecule has 0 spiro atoms. The summed E-state index contributed by atoms with van der Waals surface area (Å²) < 4.78 is 0. The van der Waals surface area contributed by atoms with Crippen LogP contribution in [0.5, 0.6) is 5.75 Å². The average Bonchev–Trinajstić information content (AvgIpc) is 3.39. The van der Waals surface area contributed by atoms with Gasteiger partial charge in [-0.15, -0.1) is 0 Å². The first-order chi connectivity index (χ1) is 18.9. The van der Waals surface area contributed by atoms with Gasteiger partial charge >= 0.3 is 11.9 Å². The third-order valence-corrected chi connectivity index (χ3v) is 6.40. The number of hydrogen-bond acceptors (Lipinski definition) is 8. The lowest BCUT2D eigenvalue weighted by Crippen LogP contribution is -2.57. The number of nitrogens with one attached hydrogen (secondary N) is 2. The Hall–Kier alpha value is -4.40. The summed E-state index contributed by atoms with van der Waals surface area (Å²) in [5.74, 6) is -4.66. The zero-order chi connectivity index (χ0) is 29.8. The fraction of sp³-hybridized carbons (Fsp3) is 0.520. The van der Waals surface area contributed by atoms with Gasteiger partial charge in [-0.05, 0) is 49.8 Å². The number of amides is 3. The number of phenolic OH excluding ortho intramolecular Hbond substituents is 1. The van der Waals surface area contributed by atoms with E-state index in [0.29, 0.717) is 18.4 Å². The van der Waals surface area contributed by atoms with Crippen molar-refractivity contribution in [3.05, 3.63) is 29.8 Å². The predicted octanol–water partition coefficient (Wildman–Crippen LogP) is -1.77. The first kappa shape index (κ1) is 31.8. The van der Waals surface area contributed by atoms with Crippen LogP contribution in [0, 0.1) is 0 Å². The van der Waals surface area contributed by atoms with Crippen LogP contribution in [0.15, 0.2) is 29.3 Å². The summed E-state index contributed by atoms with van der Waals surface area (Å²) in [4.78, 5) is 67.3. The number of carbonyl (C=O) groups excluding carboxylic acids is 3. The number of nitrogens with two attached hydrogens (primary N) is 3. The second-order valence-corrected chi connectivity index (χ2v) is 9.51. The van der Waals surface area contributed by atoms with Gasteiger partial charge in [0.25, 0.3) is 0 Å². The number of aromatic hydroxyl groups is 1.